The summed E-state index contributed by atoms with van der Waals surface area (Å²) in [6, 6.07) is 7.91. The van der Waals surface area contributed by atoms with E-state index in [-0.39, 0.29) is 23.0 Å². The third kappa shape index (κ3) is 2.26. The number of furan rings is 1. The lowest BCUT2D eigenvalue weighted by Gasteiger charge is -2.06. The van der Waals surface area contributed by atoms with Crippen LogP contribution in [0.15, 0.2) is 40.8 Å². The van der Waals surface area contributed by atoms with Crippen LogP contribution in [0.4, 0.5) is 16.4 Å². The monoisotopic (exact) mass is 301 g/mol. The number of aryl methyl sites for hydroxylation is 1. The number of non-ortho nitro benzene ring substituents is 1. The van der Waals surface area contributed by atoms with Crippen LogP contribution in [0, 0.1) is 17.0 Å². The zero-order chi connectivity index (χ0) is 15.9. The number of nitrogens with zero attached hydrogens (tertiary/aromatic N) is 2. The minimum atomic E-state index is -0.678. The van der Waals surface area contributed by atoms with E-state index in [4.69, 9.17) is 4.42 Å². The summed E-state index contributed by atoms with van der Waals surface area (Å²) in [6.45, 7) is 1.72. The first-order valence-electron chi connectivity index (χ1n) is 6.32. The second kappa shape index (κ2) is 4.92. The van der Waals surface area contributed by atoms with Gasteiger partial charge in [-0.3, -0.25) is 15.4 Å². The molecule has 0 spiro atoms. The first-order chi connectivity index (χ1) is 10.5. The smallest absolute Gasteiger partial charge is 0.335 e. The van der Waals surface area contributed by atoms with Crippen LogP contribution in [0.5, 0.6) is 5.88 Å². The van der Waals surface area contributed by atoms with Crippen molar-refractivity contribution in [1.82, 2.24) is 4.57 Å². The Bertz CT molecular complexity index is 893. The van der Waals surface area contributed by atoms with E-state index in [9.17, 15) is 20.0 Å². The van der Waals surface area contributed by atoms with Gasteiger partial charge in [0.2, 0.25) is 5.88 Å². The van der Waals surface area contributed by atoms with Crippen LogP contribution < -0.4 is 5.32 Å². The van der Waals surface area contributed by atoms with Gasteiger partial charge in [0.25, 0.3) is 5.69 Å². The minimum absolute atomic E-state index is 0.173. The van der Waals surface area contributed by atoms with Crippen molar-refractivity contribution in [3.05, 3.63) is 52.3 Å². The summed E-state index contributed by atoms with van der Waals surface area (Å²) in [7, 11) is 0. The normalized spacial score (nSPS) is 10.8. The maximum Gasteiger partial charge on any atom is 0.335 e. The molecule has 0 saturated heterocycles. The van der Waals surface area contributed by atoms with Crippen molar-refractivity contribution in [1.29, 1.82) is 0 Å². The molecule has 2 aromatic heterocycles. The average molecular weight is 301 g/mol. The molecule has 22 heavy (non-hydrogen) atoms. The SMILES string of the molecule is Cc1ccc(NC(=O)n2c(O)cc3ccc([N+](=O)[O-])cc32)o1. The molecule has 0 aliphatic heterocycles. The van der Waals surface area contributed by atoms with Crippen LogP contribution in [-0.4, -0.2) is 20.6 Å². The van der Waals surface area contributed by atoms with Crippen LogP contribution in [0.3, 0.4) is 0 Å². The fraction of sp³-hybridized carbons (Fsp3) is 0.0714. The highest BCUT2D eigenvalue weighted by atomic mass is 16.6. The molecule has 112 valence electrons. The summed E-state index contributed by atoms with van der Waals surface area (Å²) in [5, 5.41) is 23.7. The number of benzene rings is 1. The Kier molecular flexibility index (Phi) is 3.06. The number of amides is 1. The van der Waals surface area contributed by atoms with Crippen LogP contribution in [0.2, 0.25) is 0 Å². The van der Waals surface area contributed by atoms with Gasteiger partial charge in [-0.2, -0.15) is 0 Å². The Morgan fingerprint density at radius 1 is 1.32 bits per heavy atom. The molecule has 0 saturated carbocycles. The maximum atomic E-state index is 12.3. The molecule has 8 nitrogen and oxygen atoms in total. The molecule has 0 radical (unpaired) electrons. The lowest BCUT2D eigenvalue weighted by molar-refractivity contribution is -0.384. The Morgan fingerprint density at radius 2 is 2.09 bits per heavy atom. The second-order valence-corrected chi connectivity index (χ2v) is 4.68. The lowest BCUT2D eigenvalue weighted by atomic mass is 10.2. The molecule has 8 heteroatoms. The van der Waals surface area contributed by atoms with Crippen LogP contribution in [0.25, 0.3) is 10.9 Å². The Balaban J connectivity index is 2.04. The van der Waals surface area contributed by atoms with Gasteiger partial charge in [0.1, 0.15) is 5.76 Å². The average Bonchev–Trinajstić information content (AvgIpc) is 3.00. The van der Waals surface area contributed by atoms with E-state index in [0.717, 1.165) is 4.57 Å². The van der Waals surface area contributed by atoms with Crippen LogP contribution in [-0.2, 0) is 0 Å². The van der Waals surface area contributed by atoms with Crippen molar-refractivity contribution in [3.8, 4) is 5.88 Å². The number of aromatic hydroxyl groups is 1. The summed E-state index contributed by atoms with van der Waals surface area (Å²) in [5.74, 6) is 0.512. The van der Waals surface area contributed by atoms with E-state index in [1.165, 1.54) is 24.3 Å². The van der Waals surface area contributed by atoms with Gasteiger partial charge in [0.05, 0.1) is 10.4 Å². The van der Waals surface area contributed by atoms with E-state index < -0.39 is 11.0 Å². The van der Waals surface area contributed by atoms with Gasteiger partial charge in [-0.05, 0) is 19.1 Å². The largest absolute Gasteiger partial charge is 0.494 e. The summed E-state index contributed by atoms with van der Waals surface area (Å²) < 4.78 is 6.18. The van der Waals surface area contributed by atoms with Crippen molar-refractivity contribution in [2.75, 3.05) is 5.32 Å². The summed E-state index contributed by atoms with van der Waals surface area (Å²) in [5.41, 5.74) is 0.0565. The minimum Gasteiger partial charge on any atom is -0.494 e. The van der Waals surface area contributed by atoms with Gasteiger partial charge in [0, 0.05) is 29.7 Å². The molecule has 1 amide bonds. The predicted molar refractivity (Wildman–Crippen MR) is 78.1 cm³/mol. The first-order valence-corrected chi connectivity index (χ1v) is 6.32. The quantitative estimate of drug-likeness (QED) is 0.557. The van der Waals surface area contributed by atoms with Crippen molar-refractivity contribution in [3.63, 3.8) is 0 Å². The van der Waals surface area contributed by atoms with E-state index in [2.05, 4.69) is 5.32 Å². The van der Waals surface area contributed by atoms with Crippen LogP contribution >= 0.6 is 0 Å². The number of aromatic nitrogens is 1. The number of hydrogen-bond donors (Lipinski definition) is 2. The molecule has 0 atom stereocenters. The summed E-state index contributed by atoms with van der Waals surface area (Å²) in [4.78, 5) is 22.5. The molecule has 0 aliphatic carbocycles. The molecule has 0 unspecified atom stereocenters. The van der Waals surface area contributed by atoms with E-state index in [1.807, 2.05) is 0 Å². The van der Waals surface area contributed by atoms with E-state index >= 15 is 0 Å². The number of carbonyl (C=O) groups excluding carboxylic acids is 1. The molecule has 3 rings (SSSR count). The highest BCUT2D eigenvalue weighted by Gasteiger charge is 2.18. The van der Waals surface area contributed by atoms with E-state index in [0.29, 0.717) is 11.1 Å². The summed E-state index contributed by atoms with van der Waals surface area (Å²) in [6.07, 6.45) is 0. The van der Waals surface area contributed by atoms with Gasteiger partial charge < -0.3 is 9.52 Å². The van der Waals surface area contributed by atoms with Crippen LogP contribution in [0.1, 0.15) is 5.76 Å². The molecule has 0 bridgehead atoms. The number of rotatable bonds is 2. The van der Waals surface area contributed by atoms with E-state index in [1.54, 1.807) is 19.1 Å². The molecule has 1 aromatic carbocycles. The van der Waals surface area contributed by atoms with Crippen molar-refractivity contribution in [2.24, 2.45) is 0 Å². The number of anilines is 1. The molecule has 0 aliphatic rings. The van der Waals surface area contributed by atoms with Gasteiger partial charge in [-0.25, -0.2) is 9.36 Å². The molecule has 2 heterocycles. The van der Waals surface area contributed by atoms with Gasteiger partial charge in [-0.15, -0.1) is 0 Å². The fourth-order valence-electron chi connectivity index (χ4n) is 2.16. The Hall–Kier alpha value is -3.29. The van der Waals surface area contributed by atoms with Gasteiger partial charge in [-0.1, -0.05) is 0 Å². The predicted octanol–water partition coefficient (Wildman–Crippen LogP) is 3.24. The highest BCUT2D eigenvalue weighted by Crippen LogP contribution is 2.28. The topological polar surface area (TPSA) is 111 Å². The molecular weight excluding hydrogens is 290 g/mol. The van der Waals surface area contributed by atoms with Gasteiger partial charge in [0.15, 0.2) is 5.88 Å². The number of fused-ring (bicyclic) bond motifs is 1. The second-order valence-electron chi connectivity index (χ2n) is 4.68. The number of nitro groups is 1. The third-order valence-electron chi connectivity index (χ3n) is 3.15. The molecular formula is C14H11N3O5. The first kappa shape index (κ1) is 13.7. The molecule has 2 N–H and O–H groups in total. The highest BCUT2D eigenvalue weighted by molar-refractivity contribution is 6.00. The number of nitrogens with one attached hydrogen (secondary N) is 1. The zero-order valence-corrected chi connectivity index (χ0v) is 11.4. The summed E-state index contributed by atoms with van der Waals surface area (Å²) >= 11 is 0. The standard InChI is InChI=1S/C14H11N3O5/c1-8-2-5-12(22-8)15-14(19)16-11-7-10(17(20)21)4-3-9(11)6-13(16)18/h2-7,18H,1H3,(H,15,19). The van der Waals surface area contributed by atoms with Crippen molar-refractivity contribution < 1.29 is 19.2 Å². The van der Waals surface area contributed by atoms with Crippen molar-refractivity contribution >= 4 is 28.5 Å². The molecule has 0 fully saturated rings. The number of carbonyl (C=O) groups is 1. The third-order valence-corrected chi connectivity index (χ3v) is 3.15. The molecule has 3 aromatic rings. The van der Waals surface area contributed by atoms with Crippen molar-refractivity contribution in [2.45, 2.75) is 6.92 Å². The maximum absolute atomic E-state index is 12.3. The number of hydrogen-bond acceptors (Lipinski definition) is 5. The zero-order valence-electron chi connectivity index (χ0n) is 11.4. The lowest BCUT2D eigenvalue weighted by Crippen LogP contribution is -2.18. The van der Waals surface area contributed by atoms with Gasteiger partial charge >= 0.3 is 6.03 Å². The Labute approximate surface area is 123 Å². The fourth-order valence-corrected chi connectivity index (χ4v) is 2.16. The Morgan fingerprint density at radius 3 is 2.73 bits per heavy atom. The number of nitro benzene ring substituents is 1.